The van der Waals surface area contributed by atoms with Crippen LogP contribution >= 0.6 is 0 Å². The summed E-state index contributed by atoms with van der Waals surface area (Å²) in [6.07, 6.45) is 0. The number of hydrogen-bond acceptors (Lipinski definition) is 2. The van der Waals surface area contributed by atoms with Crippen molar-refractivity contribution < 1.29 is 0 Å². The summed E-state index contributed by atoms with van der Waals surface area (Å²) in [5, 5.41) is 1.63. The van der Waals surface area contributed by atoms with Crippen LogP contribution < -0.4 is 5.56 Å². The summed E-state index contributed by atoms with van der Waals surface area (Å²) in [6.45, 7) is 2.04. The molecule has 0 saturated carbocycles. The second-order valence-corrected chi connectivity index (χ2v) is 4.67. The third-order valence-electron chi connectivity index (χ3n) is 3.50. The molecule has 4 nitrogen and oxygen atoms in total. The first-order valence-electron chi connectivity index (χ1n) is 6.14. The standard InChI is InChI=1S/C15H11N3O/c1-9-5-4-8-12-16-14-13(18(9)12)10-6-2-3-7-11(10)15(19)17-14/h2-8H,1H3,(H,17,19). The Morgan fingerprint density at radius 3 is 2.68 bits per heavy atom. The van der Waals surface area contributed by atoms with E-state index >= 15 is 0 Å². The lowest BCUT2D eigenvalue weighted by molar-refractivity contribution is 1.13. The highest BCUT2D eigenvalue weighted by molar-refractivity contribution is 6.03. The van der Waals surface area contributed by atoms with Crippen LogP contribution in [0.3, 0.4) is 0 Å². The molecular formula is C15H11N3O. The third kappa shape index (κ3) is 1.28. The Balaban J connectivity index is 2.44. The Labute approximate surface area is 108 Å². The van der Waals surface area contributed by atoms with E-state index in [1.165, 1.54) is 0 Å². The van der Waals surface area contributed by atoms with E-state index in [2.05, 4.69) is 14.4 Å². The van der Waals surface area contributed by atoms with Crippen LogP contribution in [-0.4, -0.2) is 14.4 Å². The fraction of sp³-hybridized carbons (Fsp3) is 0.0667. The lowest BCUT2D eigenvalue weighted by atomic mass is 10.1. The van der Waals surface area contributed by atoms with Crippen LogP contribution in [0.4, 0.5) is 0 Å². The van der Waals surface area contributed by atoms with Crippen LogP contribution in [0.1, 0.15) is 5.69 Å². The van der Waals surface area contributed by atoms with Gasteiger partial charge in [-0.15, -0.1) is 0 Å². The number of aryl methyl sites for hydroxylation is 1. The molecular weight excluding hydrogens is 238 g/mol. The van der Waals surface area contributed by atoms with Crippen LogP contribution in [0.2, 0.25) is 0 Å². The largest absolute Gasteiger partial charge is 0.305 e. The van der Waals surface area contributed by atoms with Crippen LogP contribution in [0, 0.1) is 6.92 Å². The molecule has 19 heavy (non-hydrogen) atoms. The summed E-state index contributed by atoms with van der Waals surface area (Å²) in [4.78, 5) is 19.4. The molecule has 0 radical (unpaired) electrons. The number of H-pyrrole nitrogens is 1. The summed E-state index contributed by atoms with van der Waals surface area (Å²) < 4.78 is 2.08. The van der Waals surface area contributed by atoms with Gasteiger partial charge in [0.1, 0.15) is 5.65 Å². The van der Waals surface area contributed by atoms with E-state index in [-0.39, 0.29) is 5.56 Å². The first kappa shape index (κ1) is 10.3. The van der Waals surface area contributed by atoms with Gasteiger partial charge in [0.25, 0.3) is 5.56 Å². The molecule has 4 rings (SSSR count). The van der Waals surface area contributed by atoms with Gasteiger partial charge in [-0.1, -0.05) is 24.3 Å². The summed E-state index contributed by atoms with van der Waals surface area (Å²) >= 11 is 0. The molecule has 4 aromatic rings. The fourth-order valence-electron chi connectivity index (χ4n) is 2.65. The number of nitrogens with zero attached hydrogens (tertiary/aromatic N) is 2. The maximum atomic E-state index is 12.0. The van der Waals surface area contributed by atoms with Crippen LogP contribution in [0.15, 0.2) is 47.3 Å². The third-order valence-corrected chi connectivity index (χ3v) is 3.50. The minimum absolute atomic E-state index is 0.0934. The van der Waals surface area contributed by atoms with Gasteiger partial charge in [0.2, 0.25) is 0 Å². The monoisotopic (exact) mass is 249 g/mol. The lowest BCUT2D eigenvalue weighted by Gasteiger charge is -2.03. The minimum atomic E-state index is -0.0934. The predicted octanol–water partition coefficient (Wildman–Crippen LogP) is 2.64. The van der Waals surface area contributed by atoms with Crippen LogP contribution in [0.5, 0.6) is 0 Å². The molecule has 1 aromatic carbocycles. The number of imidazole rings is 1. The van der Waals surface area contributed by atoms with Crippen molar-refractivity contribution in [1.82, 2.24) is 14.4 Å². The molecule has 1 N–H and O–H groups in total. The van der Waals surface area contributed by atoms with Crippen LogP contribution in [0.25, 0.3) is 27.6 Å². The minimum Gasteiger partial charge on any atom is -0.305 e. The SMILES string of the molecule is Cc1cccc2nc3[nH]c(=O)c4ccccc4c3n12. The number of aromatic amines is 1. The molecule has 92 valence electrons. The zero-order chi connectivity index (χ0) is 13.0. The highest BCUT2D eigenvalue weighted by Crippen LogP contribution is 2.23. The molecule has 0 saturated heterocycles. The van der Waals surface area contributed by atoms with Gasteiger partial charge in [-0.3, -0.25) is 9.20 Å². The van der Waals surface area contributed by atoms with Gasteiger partial charge in [0, 0.05) is 16.5 Å². The van der Waals surface area contributed by atoms with Gasteiger partial charge < -0.3 is 4.98 Å². The molecule has 0 aliphatic rings. The van der Waals surface area contributed by atoms with E-state index in [0.29, 0.717) is 11.0 Å². The van der Waals surface area contributed by atoms with Gasteiger partial charge >= 0.3 is 0 Å². The fourth-order valence-corrected chi connectivity index (χ4v) is 2.65. The molecule has 0 aliphatic carbocycles. The Kier molecular flexibility index (Phi) is 1.87. The van der Waals surface area contributed by atoms with Gasteiger partial charge in [-0.25, -0.2) is 4.98 Å². The van der Waals surface area contributed by atoms with Crippen molar-refractivity contribution in [1.29, 1.82) is 0 Å². The van der Waals surface area contributed by atoms with E-state index in [0.717, 1.165) is 22.2 Å². The zero-order valence-electron chi connectivity index (χ0n) is 10.3. The normalized spacial score (nSPS) is 11.6. The Hall–Kier alpha value is -2.62. The van der Waals surface area contributed by atoms with Crippen molar-refractivity contribution in [2.45, 2.75) is 6.92 Å². The molecule has 0 amide bonds. The van der Waals surface area contributed by atoms with E-state index in [9.17, 15) is 4.79 Å². The van der Waals surface area contributed by atoms with Gasteiger partial charge in [0.15, 0.2) is 5.65 Å². The molecule has 0 aliphatic heterocycles. The highest BCUT2D eigenvalue weighted by Gasteiger charge is 2.11. The summed E-state index contributed by atoms with van der Waals surface area (Å²) in [7, 11) is 0. The first-order valence-corrected chi connectivity index (χ1v) is 6.14. The van der Waals surface area contributed by atoms with Crippen molar-refractivity contribution in [3.8, 4) is 0 Å². The van der Waals surface area contributed by atoms with Crippen molar-refractivity contribution >= 4 is 27.6 Å². The second-order valence-electron chi connectivity index (χ2n) is 4.67. The van der Waals surface area contributed by atoms with Crippen molar-refractivity contribution in [2.24, 2.45) is 0 Å². The molecule has 3 aromatic heterocycles. The van der Waals surface area contributed by atoms with E-state index in [4.69, 9.17) is 0 Å². The predicted molar refractivity (Wildman–Crippen MR) is 75.6 cm³/mol. The maximum Gasteiger partial charge on any atom is 0.257 e. The van der Waals surface area contributed by atoms with E-state index in [1.807, 2.05) is 49.4 Å². The average Bonchev–Trinajstić information content (AvgIpc) is 2.78. The summed E-state index contributed by atoms with van der Waals surface area (Å²) in [6, 6.07) is 13.6. The maximum absolute atomic E-state index is 12.0. The van der Waals surface area contributed by atoms with E-state index in [1.54, 1.807) is 0 Å². The van der Waals surface area contributed by atoms with Crippen molar-refractivity contribution in [3.63, 3.8) is 0 Å². The lowest BCUT2D eigenvalue weighted by Crippen LogP contribution is -2.06. The number of rotatable bonds is 0. The Morgan fingerprint density at radius 2 is 1.84 bits per heavy atom. The van der Waals surface area contributed by atoms with E-state index < -0.39 is 0 Å². The summed E-state index contributed by atoms with van der Waals surface area (Å²) in [5.41, 5.74) is 3.45. The molecule has 0 fully saturated rings. The first-order chi connectivity index (χ1) is 9.25. The average molecular weight is 249 g/mol. The quantitative estimate of drug-likeness (QED) is 0.521. The number of fused-ring (bicyclic) bond motifs is 5. The smallest absolute Gasteiger partial charge is 0.257 e. The Bertz CT molecular complexity index is 995. The van der Waals surface area contributed by atoms with Gasteiger partial charge in [-0.2, -0.15) is 0 Å². The Morgan fingerprint density at radius 1 is 1.05 bits per heavy atom. The number of nitrogens with one attached hydrogen (secondary N) is 1. The summed E-state index contributed by atoms with van der Waals surface area (Å²) in [5.74, 6) is 0. The number of pyridine rings is 2. The zero-order valence-corrected chi connectivity index (χ0v) is 10.3. The van der Waals surface area contributed by atoms with Crippen LogP contribution in [-0.2, 0) is 0 Å². The topological polar surface area (TPSA) is 50.2 Å². The molecule has 4 heteroatoms. The number of hydrogen-bond donors (Lipinski definition) is 1. The van der Waals surface area contributed by atoms with Crippen molar-refractivity contribution in [2.75, 3.05) is 0 Å². The molecule has 0 unspecified atom stereocenters. The van der Waals surface area contributed by atoms with Crippen molar-refractivity contribution in [3.05, 3.63) is 58.5 Å². The molecule has 3 heterocycles. The van der Waals surface area contributed by atoms with Gasteiger partial charge in [-0.05, 0) is 25.1 Å². The molecule has 0 atom stereocenters. The number of benzene rings is 1. The number of aromatic nitrogens is 3. The highest BCUT2D eigenvalue weighted by atomic mass is 16.1. The molecule has 0 spiro atoms. The molecule has 0 bridgehead atoms. The van der Waals surface area contributed by atoms with Gasteiger partial charge in [0.05, 0.1) is 5.52 Å². The second kappa shape index (κ2) is 3.45.